The van der Waals surface area contributed by atoms with Gasteiger partial charge < -0.3 is 16.0 Å². The molecule has 0 heterocycles. The van der Waals surface area contributed by atoms with Gasteiger partial charge in [0, 0.05) is 31.9 Å². The number of carbonyl (C=O) groups excluding carboxylic acids is 1. The van der Waals surface area contributed by atoms with Crippen molar-refractivity contribution in [2.24, 2.45) is 5.73 Å². The van der Waals surface area contributed by atoms with Crippen LogP contribution in [0.1, 0.15) is 37.7 Å². The maximum Gasteiger partial charge on any atom is 0.224 e. The van der Waals surface area contributed by atoms with E-state index >= 15 is 0 Å². The molecule has 0 unspecified atom stereocenters. The molecular formula is C16H27N3O. The van der Waals surface area contributed by atoms with Crippen molar-refractivity contribution in [1.29, 1.82) is 0 Å². The van der Waals surface area contributed by atoms with Gasteiger partial charge in [-0.1, -0.05) is 12.8 Å². The molecule has 0 saturated heterocycles. The van der Waals surface area contributed by atoms with Gasteiger partial charge in [-0.15, -0.1) is 0 Å². The number of nitrogens with zero attached hydrogens (tertiary/aromatic N) is 1. The third-order valence-corrected chi connectivity index (χ3v) is 3.36. The molecule has 0 atom stereocenters. The van der Waals surface area contributed by atoms with Crippen molar-refractivity contribution in [3.63, 3.8) is 0 Å². The highest BCUT2D eigenvalue weighted by atomic mass is 16.1. The monoisotopic (exact) mass is 277 g/mol. The number of amides is 1. The van der Waals surface area contributed by atoms with Crippen LogP contribution in [-0.2, 0) is 4.79 Å². The highest BCUT2D eigenvalue weighted by Crippen LogP contribution is 2.21. The number of aryl methyl sites for hydroxylation is 1. The number of unbranched alkanes of at least 4 members (excludes halogenated alkanes) is 3. The molecule has 1 rings (SSSR count). The first-order valence-electron chi connectivity index (χ1n) is 7.32. The molecule has 0 spiro atoms. The Morgan fingerprint density at radius 2 is 1.90 bits per heavy atom. The lowest BCUT2D eigenvalue weighted by molar-refractivity contribution is -0.116. The number of rotatable bonds is 8. The Kier molecular flexibility index (Phi) is 7.09. The van der Waals surface area contributed by atoms with Gasteiger partial charge in [-0.25, -0.2) is 0 Å². The van der Waals surface area contributed by atoms with Gasteiger partial charge in [-0.3, -0.25) is 4.79 Å². The van der Waals surface area contributed by atoms with E-state index in [9.17, 15) is 4.79 Å². The lowest BCUT2D eigenvalue weighted by Crippen LogP contribution is -2.13. The first-order valence-corrected chi connectivity index (χ1v) is 7.32. The Morgan fingerprint density at radius 1 is 1.20 bits per heavy atom. The Labute approximate surface area is 122 Å². The summed E-state index contributed by atoms with van der Waals surface area (Å²) in [5.74, 6) is 0.0958. The average Bonchev–Trinajstić information content (AvgIpc) is 2.40. The van der Waals surface area contributed by atoms with E-state index in [1.165, 1.54) is 0 Å². The average molecular weight is 277 g/mol. The molecule has 1 aromatic rings. The van der Waals surface area contributed by atoms with Crippen LogP contribution in [0.2, 0.25) is 0 Å². The van der Waals surface area contributed by atoms with E-state index in [2.05, 4.69) is 16.3 Å². The van der Waals surface area contributed by atoms with Crippen LogP contribution in [0.3, 0.4) is 0 Å². The standard InChI is InChI=1S/C16H27N3O/c1-13-12-14(19(2)3)9-10-15(13)18-16(20)8-6-4-5-7-11-17/h9-10,12H,4-8,11,17H2,1-3H3,(H,18,20). The summed E-state index contributed by atoms with van der Waals surface area (Å²) in [7, 11) is 4.02. The first kappa shape index (κ1) is 16.5. The zero-order valence-electron chi connectivity index (χ0n) is 12.9. The maximum atomic E-state index is 11.9. The molecule has 0 radical (unpaired) electrons. The second-order valence-corrected chi connectivity index (χ2v) is 5.39. The van der Waals surface area contributed by atoms with Crippen LogP contribution >= 0.6 is 0 Å². The summed E-state index contributed by atoms with van der Waals surface area (Å²) in [4.78, 5) is 13.9. The Morgan fingerprint density at radius 3 is 2.50 bits per heavy atom. The SMILES string of the molecule is Cc1cc(N(C)C)ccc1NC(=O)CCCCCCN. The molecule has 3 N–H and O–H groups in total. The third kappa shape index (κ3) is 5.61. The van der Waals surface area contributed by atoms with Crippen molar-refractivity contribution in [3.8, 4) is 0 Å². The zero-order valence-corrected chi connectivity index (χ0v) is 12.9. The second kappa shape index (κ2) is 8.59. The summed E-state index contributed by atoms with van der Waals surface area (Å²) < 4.78 is 0. The lowest BCUT2D eigenvalue weighted by atomic mass is 10.1. The predicted molar refractivity (Wildman–Crippen MR) is 86.3 cm³/mol. The molecule has 1 aromatic carbocycles. The van der Waals surface area contributed by atoms with Crippen molar-refractivity contribution in [1.82, 2.24) is 0 Å². The van der Waals surface area contributed by atoms with Gasteiger partial charge in [0.1, 0.15) is 0 Å². The van der Waals surface area contributed by atoms with E-state index in [1.807, 2.05) is 33.2 Å². The molecule has 1 amide bonds. The summed E-state index contributed by atoms with van der Waals surface area (Å²) in [5, 5.41) is 2.99. The highest BCUT2D eigenvalue weighted by Gasteiger charge is 2.06. The van der Waals surface area contributed by atoms with Crippen LogP contribution in [0.25, 0.3) is 0 Å². The lowest BCUT2D eigenvalue weighted by Gasteiger charge is -2.15. The van der Waals surface area contributed by atoms with Gasteiger partial charge in [-0.2, -0.15) is 0 Å². The van der Waals surface area contributed by atoms with Crippen LogP contribution in [-0.4, -0.2) is 26.5 Å². The van der Waals surface area contributed by atoms with E-state index in [1.54, 1.807) is 0 Å². The molecule has 4 heteroatoms. The summed E-state index contributed by atoms with van der Waals surface area (Å²) in [6, 6.07) is 6.07. The number of anilines is 2. The molecule has 112 valence electrons. The molecule has 0 aliphatic carbocycles. The first-order chi connectivity index (χ1) is 9.54. The van der Waals surface area contributed by atoms with Crippen LogP contribution in [0.4, 0.5) is 11.4 Å². The van der Waals surface area contributed by atoms with E-state index in [0.717, 1.165) is 49.2 Å². The molecule has 4 nitrogen and oxygen atoms in total. The molecule has 0 aromatic heterocycles. The van der Waals surface area contributed by atoms with Crippen molar-refractivity contribution >= 4 is 17.3 Å². The van der Waals surface area contributed by atoms with Gasteiger partial charge in [-0.05, 0) is 50.1 Å². The molecule has 20 heavy (non-hydrogen) atoms. The van der Waals surface area contributed by atoms with Crippen molar-refractivity contribution in [3.05, 3.63) is 23.8 Å². The highest BCUT2D eigenvalue weighted by molar-refractivity contribution is 5.91. The molecule has 0 fully saturated rings. The maximum absolute atomic E-state index is 11.9. The predicted octanol–water partition coefficient (Wildman–Crippen LogP) is 2.91. The van der Waals surface area contributed by atoms with Crippen LogP contribution in [0.15, 0.2) is 18.2 Å². The van der Waals surface area contributed by atoms with Gasteiger partial charge in [0.25, 0.3) is 0 Å². The van der Waals surface area contributed by atoms with Crippen molar-refractivity contribution in [2.75, 3.05) is 30.9 Å². The number of nitrogens with two attached hydrogens (primary N) is 1. The minimum Gasteiger partial charge on any atom is -0.378 e. The Bertz CT molecular complexity index is 430. The molecular weight excluding hydrogens is 250 g/mol. The number of benzene rings is 1. The zero-order chi connectivity index (χ0) is 15.0. The van der Waals surface area contributed by atoms with Gasteiger partial charge in [0.05, 0.1) is 0 Å². The van der Waals surface area contributed by atoms with E-state index < -0.39 is 0 Å². The van der Waals surface area contributed by atoms with Crippen LogP contribution < -0.4 is 16.0 Å². The quantitative estimate of drug-likeness (QED) is 0.718. The fourth-order valence-corrected chi connectivity index (χ4v) is 2.06. The molecule has 0 saturated carbocycles. The van der Waals surface area contributed by atoms with Gasteiger partial charge in [0.2, 0.25) is 5.91 Å². The molecule has 0 aliphatic rings. The Hall–Kier alpha value is -1.55. The summed E-state index contributed by atoms with van der Waals surface area (Å²) in [6.07, 6.45) is 4.75. The van der Waals surface area contributed by atoms with Crippen LogP contribution in [0, 0.1) is 6.92 Å². The summed E-state index contributed by atoms with van der Waals surface area (Å²) >= 11 is 0. The smallest absolute Gasteiger partial charge is 0.224 e. The second-order valence-electron chi connectivity index (χ2n) is 5.39. The largest absolute Gasteiger partial charge is 0.378 e. The molecule has 0 aliphatic heterocycles. The van der Waals surface area contributed by atoms with E-state index in [0.29, 0.717) is 6.42 Å². The van der Waals surface area contributed by atoms with Gasteiger partial charge in [0.15, 0.2) is 0 Å². The Balaban J connectivity index is 2.42. The molecule has 0 bridgehead atoms. The van der Waals surface area contributed by atoms with E-state index in [4.69, 9.17) is 5.73 Å². The van der Waals surface area contributed by atoms with Crippen molar-refractivity contribution < 1.29 is 4.79 Å². The number of hydrogen-bond acceptors (Lipinski definition) is 3. The number of nitrogens with one attached hydrogen (secondary N) is 1. The third-order valence-electron chi connectivity index (χ3n) is 3.36. The minimum absolute atomic E-state index is 0.0958. The summed E-state index contributed by atoms with van der Waals surface area (Å²) in [5.41, 5.74) is 8.58. The number of carbonyl (C=O) groups is 1. The van der Waals surface area contributed by atoms with Crippen LogP contribution in [0.5, 0.6) is 0 Å². The fraction of sp³-hybridized carbons (Fsp3) is 0.562. The van der Waals surface area contributed by atoms with Crippen molar-refractivity contribution in [2.45, 2.75) is 39.0 Å². The van der Waals surface area contributed by atoms with E-state index in [-0.39, 0.29) is 5.91 Å². The topological polar surface area (TPSA) is 58.4 Å². The normalized spacial score (nSPS) is 10.4. The minimum atomic E-state index is 0.0958. The number of hydrogen-bond donors (Lipinski definition) is 2. The summed E-state index contributed by atoms with van der Waals surface area (Å²) in [6.45, 7) is 2.76. The fourth-order valence-electron chi connectivity index (χ4n) is 2.06. The van der Waals surface area contributed by atoms with Gasteiger partial charge >= 0.3 is 0 Å².